The molecule has 0 saturated carbocycles. The van der Waals surface area contributed by atoms with Crippen molar-refractivity contribution in [2.45, 2.75) is 0 Å². The first-order chi connectivity index (χ1) is 6.61. The molecule has 74 valence electrons. The van der Waals surface area contributed by atoms with Crippen LogP contribution in [0.25, 0.3) is 0 Å². The lowest BCUT2D eigenvalue weighted by atomic mass is 10.1. The van der Waals surface area contributed by atoms with Gasteiger partial charge in [-0.1, -0.05) is 0 Å². The number of hydrogen-bond acceptors (Lipinski definition) is 5. The van der Waals surface area contributed by atoms with Gasteiger partial charge in [-0.3, -0.25) is 0 Å². The molecule has 1 heterocycles. The molecule has 1 aromatic rings. The van der Waals surface area contributed by atoms with E-state index in [9.17, 15) is 9.90 Å². The zero-order chi connectivity index (χ0) is 10.3. The van der Waals surface area contributed by atoms with Crippen molar-refractivity contribution < 1.29 is 24.5 Å². The van der Waals surface area contributed by atoms with Gasteiger partial charge in [0.25, 0.3) is 0 Å². The van der Waals surface area contributed by atoms with Crippen LogP contribution < -0.4 is 15.2 Å². The molecule has 0 bridgehead atoms. The Labute approximate surface area is 78.5 Å². The molecule has 0 amide bonds. The average molecular weight is 197 g/mol. The average Bonchev–Trinajstić information content (AvgIpc) is 2.52. The van der Waals surface area contributed by atoms with Crippen LogP contribution in [0.4, 0.5) is 5.69 Å². The standard InChI is InChI=1S/C8H7NO5/c9-3-1-4-7(14-2-13-4)5(6(3)10)8(11)12/h1,10H,2,9H2,(H,11,12). The number of aromatic carboxylic acids is 1. The normalized spacial score (nSPS) is 12.9. The first-order valence-corrected chi connectivity index (χ1v) is 3.75. The molecule has 6 nitrogen and oxygen atoms in total. The van der Waals surface area contributed by atoms with Crippen molar-refractivity contribution in [1.29, 1.82) is 0 Å². The number of benzene rings is 1. The summed E-state index contributed by atoms with van der Waals surface area (Å²) in [4.78, 5) is 10.8. The van der Waals surface area contributed by atoms with Gasteiger partial charge in [-0.15, -0.1) is 0 Å². The van der Waals surface area contributed by atoms with Gasteiger partial charge in [-0.25, -0.2) is 4.79 Å². The second-order valence-electron chi connectivity index (χ2n) is 2.73. The highest BCUT2D eigenvalue weighted by atomic mass is 16.7. The van der Waals surface area contributed by atoms with Crippen molar-refractivity contribution in [3.05, 3.63) is 11.6 Å². The highest BCUT2D eigenvalue weighted by Gasteiger charge is 2.27. The predicted octanol–water partition coefficient (Wildman–Crippen LogP) is 0.401. The fraction of sp³-hybridized carbons (Fsp3) is 0.125. The first kappa shape index (κ1) is 8.49. The minimum absolute atomic E-state index is 0.0178. The summed E-state index contributed by atoms with van der Waals surface area (Å²) in [5.74, 6) is -1.56. The summed E-state index contributed by atoms with van der Waals surface area (Å²) >= 11 is 0. The maximum atomic E-state index is 10.8. The number of nitrogens with two attached hydrogens (primary N) is 1. The summed E-state index contributed by atoms with van der Waals surface area (Å²) in [6.45, 7) is -0.0709. The van der Waals surface area contributed by atoms with E-state index in [0.717, 1.165) is 0 Å². The number of ether oxygens (including phenoxy) is 2. The van der Waals surface area contributed by atoms with Crippen LogP contribution in [0.15, 0.2) is 6.07 Å². The van der Waals surface area contributed by atoms with Crippen LogP contribution in [-0.4, -0.2) is 23.0 Å². The van der Waals surface area contributed by atoms with Gasteiger partial charge in [0, 0.05) is 6.07 Å². The van der Waals surface area contributed by atoms with E-state index in [1.54, 1.807) is 0 Å². The van der Waals surface area contributed by atoms with Crippen LogP contribution in [0.1, 0.15) is 10.4 Å². The summed E-state index contributed by atoms with van der Waals surface area (Å²) in [6, 6.07) is 1.32. The molecule has 0 atom stereocenters. The smallest absolute Gasteiger partial charge is 0.343 e. The summed E-state index contributed by atoms with van der Waals surface area (Å²) < 4.78 is 9.86. The van der Waals surface area contributed by atoms with Gasteiger partial charge in [0.1, 0.15) is 5.56 Å². The molecule has 0 fully saturated rings. The Bertz CT molecular complexity index is 415. The quantitative estimate of drug-likeness (QED) is 0.445. The van der Waals surface area contributed by atoms with Crippen molar-refractivity contribution in [2.24, 2.45) is 0 Å². The van der Waals surface area contributed by atoms with E-state index >= 15 is 0 Å². The topological polar surface area (TPSA) is 102 Å². The molecule has 0 saturated heterocycles. The SMILES string of the molecule is Nc1cc2c(c(C(=O)O)c1O)OCO2. The van der Waals surface area contributed by atoms with Crippen LogP contribution in [0.3, 0.4) is 0 Å². The van der Waals surface area contributed by atoms with Gasteiger partial charge < -0.3 is 25.4 Å². The minimum Gasteiger partial charge on any atom is -0.505 e. The minimum atomic E-state index is -1.31. The largest absolute Gasteiger partial charge is 0.505 e. The molecular weight excluding hydrogens is 190 g/mol. The van der Waals surface area contributed by atoms with E-state index in [2.05, 4.69) is 0 Å². The Kier molecular flexibility index (Phi) is 1.63. The monoisotopic (exact) mass is 197 g/mol. The molecule has 6 heteroatoms. The van der Waals surface area contributed by atoms with Gasteiger partial charge >= 0.3 is 5.97 Å². The summed E-state index contributed by atoms with van der Waals surface area (Å²) in [5.41, 5.74) is 4.97. The lowest BCUT2D eigenvalue weighted by molar-refractivity contribution is 0.0689. The molecule has 0 aromatic heterocycles. The van der Waals surface area contributed by atoms with Gasteiger partial charge in [-0.05, 0) is 0 Å². The Morgan fingerprint density at radius 1 is 1.50 bits per heavy atom. The van der Waals surface area contributed by atoms with E-state index in [1.165, 1.54) is 6.07 Å². The number of carbonyl (C=O) groups is 1. The van der Waals surface area contributed by atoms with Crippen LogP contribution >= 0.6 is 0 Å². The first-order valence-electron chi connectivity index (χ1n) is 3.75. The molecule has 14 heavy (non-hydrogen) atoms. The maximum Gasteiger partial charge on any atom is 0.343 e. The fourth-order valence-corrected chi connectivity index (χ4v) is 1.25. The van der Waals surface area contributed by atoms with Crippen molar-refractivity contribution in [1.82, 2.24) is 0 Å². The Hall–Kier alpha value is -2.11. The third-order valence-electron chi connectivity index (χ3n) is 1.88. The molecule has 1 aliphatic rings. The molecule has 0 unspecified atom stereocenters. The van der Waals surface area contributed by atoms with Crippen LogP contribution in [0.5, 0.6) is 17.2 Å². The van der Waals surface area contributed by atoms with Gasteiger partial charge in [0.05, 0.1) is 5.69 Å². The fourth-order valence-electron chi connectivity index (χ4n) is 1.25. The van der Waals surface area contributed by atoms with Crippen LogP contribution in [0, 0.1) is 0 Å². The number of carboxylic acids is 1. The Balaban J connectivity index is 2.72. The Morgan fingerprint density at radius 3 is 2.86 bits per heavy atom. The number of phenols is 1. The zero-order valence-electron chi connectivity index (χ0n) is 6.98. The third-order valence-corrected chi connectivity index (χ3v) is 1.88. The second-order valence-corrected chi connectivity index (χ2v) is 2.73. The van der Waals surface area contributed by atoms with E-state index in [0.29, 0.717) is 0 Å². The lowest BCUT2D eigenvalue weighted by Crippen LogP contribution is -2.01. The van der Waals surface area contributed by atoms with E-state index in [4.69, 9.17) is 20.3 Å². The molecule has 2 rings (SSSR count). The molecule has 1 aliphatic heterocycles. The highest BCUT2D eigenvalue weighted by Crippen LogP contribution is 2.43. The second kappa shape index (κ2) is 2.69. The highest BCUT2D eigenvalue weighted by molar-refractivity contribution is 5.97. The van der Waals surface area contributed by atoms with Crippen molar-refractivity contribution in [2.75, 3.05) is 12.5 Å². The van der Waals surface area contributed by atoms with Gasteiger partial charge in [0.15, 0.2) is 17.2 Å². The molecule has 1 aromatic carbocycles. The Morgan fingerprint density at radius 2 is 2.21 bits per heavy atom. The lowest BCUT2D eigenvalue weighted by Gasteiger charge is -2.06. The van der Waals surface area contributed by atoms with E-state index < -0.39 is 11.7 Å². The van der Waals surface area contributed by atoms with E-state index in [-0.39, 0.29) is 29.5 Å². The number of hydrogen-bond donors (Lipinski definition) is 3. The summed E-state index contributed by atoms with van der Waals surface area (Å²) in [6.07, 6.45) is 0. The number of rotatable bonds is 1. The maximum absolute atomic E-state index is 10.8. The number of carboxylic acid groups (broad SMARTS) is 1. The van der Waals surface area contributed by atoms with Gasteiger partial charge in [-0.2, -0.15) is 0 Å². The van der Waals surface area contributed by atoms with Crippen molar-refractivity contribution in [3.63, 3.8) is 0 Å². The predicted molar refractivity (Wildman–Crippen MR) is 45.6 cm³/mol. The number of anilines is 1. The van der Waals surface area contributed by atoms with Gasteiger partial charge in [0.2, 0.25) is 6.79 Å². The number of nitrogen functional groups attached to an aromatic ring is 1. The zero-order valence-corrected chi connectivity index (χ0v) is 6.98. The van der Waals surface area contributed by atoms with E-state index in [1.807, 2.05) is 0 Å². The van der Waals surface area contributed by atoms with Crippen molar-refractivity contribution >= 4 is 11.7 Å². The number of fused-ring (bicyclic) bond motifs is 1. The molecular formula is C8H7NO5. The molecule has 0 radical (unpaired) electrons. The molecule has 4 N–H and O–H groups in total. The third kappa shape index (κ3) is 1.00. The summed E-state index contributed by atoms with van der Waals surface area (Å²) in [5, 5.41) is 18.2. The summed E-state index contributed by atoms with van der Waals surface area (Å²) in [7, 11) is 0. The van der Waals surface area contributed by atoms with Crippen molar-refractivity contribution in [3.8, 4) is 17.2 Å². The molecule has 0 aliphatic carbocycles. The molecule has 0 spiro atoms. The van der Waals surface area contributed by atoms with Crippen LogP contribution in [-0.2, 0) is 0 Å². The van der Waals surface area contributed by atoms with Crippen LogP contribution in [0.2, 0.25) is 0 Å². The number of aromatic hydroxyl groups is 1.